The lowest BCUT2D eigenvalue weighted by molar-refractivity contribution is -0.0109. The number of aromatic nitrogens is 2. The van der Waals surface area contributed by atoms with E-state index in [4.69, 9.17) is 0 Å². The van der Waals surface area contributed by atoms with E-state index in [0.29, 0.717) is 18.8 Å². The highest BCUT2D eigenvalue weighted by molar-refractivity contribution is 5.93. The molecule has 1 amide bonds. The van der Waals surface area contributed by atoms with Crippen molar-refractivity contribution in [1.29, 1.82) is 0 Å². The normalized spacial score (nSPS) is 26.2. The SMILES string of the molecule is CC1CCCC(O)(CNC(=O)c2c[nH]c(=O)[nH]c2=O)C1. The summed E-state index contributed by atoms with van der Waals surface area (Å²) in [6.45, 7) is 2.17. The van der Waals surface area contributed by atoms with E-state index in [2.05, 4.69) is 17.2 Å². The number of hydrogen-bond donors (Lipinski definition) is 4. The van der Waals surface area contributed by atoms with Crippen LogP contribution in [0.4, 0.5) is 0 Å². The van der Waals surface area contributed by atoms with Gasteiger partial charge in [0, 0.05) is 12.7 Å². The van der Waals surface area contributed by atoms with Crippen molar-refractivity contribution in [3.8, 4) is 0 Å². The fraction of sp³-hybridized carbons (Fsp3) is 0.615. The van der Waals surface area contributed by atoms with Gasteiger partial charge in [0.25, 0.3) is 11.5 Å². The minimum Gasteiger partial charge on any atom is -0.388 e. The lowest BCUT2D eigenvalue weighted by Crippen LogP contribution is -2.46. The Labute approximate surface area is 115 Å². The highest BCUT2D eigenvalue weighted by Gasteiger charge is 2.33. The second-order valence-electron chi connectivity index (χ2n) is 5.59. The molecule has 1 aliphatic rings. The first-order valence-electron chi connectivity index (χ1n) is 6.72. The quantitative estimate of drug-likeness (QED) is 0.610. The number of amides is 1. The number of aromatic amines is 2. The van der Waals surface area contributed by atoms with Crippen LogP contribution in [0.1, 0.15) is 43.0 Å². The number of nitrogens with one attached hydrogen (secondary N) is 3. The number of carbonyl (C=O) groups excluding carboxylic acids is 1. The predicted octanol–water partition coefficient (Wildman–Crippen LogP) is -0.266. The van der Waals surface area contributed by atoms with Crippen LogP contribution in [0.25, 0.3) is 0 Å². The summed E-state index contributed by atoms with van der Waals surface area (Å²) in [5.74, 6) is -0.184. The summed E-state index contributed by atoms with van der Waals surface area (Å²) in [4.78, 5) is 38.4. The average Bonchev–Trinajstić information content (AvgIpc) is 2.36. The van der Waals surface area contributed by atoms with Crippen LogP contribution in [-0.4, -0.2) is 33.1 Å². The molecule has 0 aliphatic heterocycles. The molecule has 1 aliphatic carbocycles. The largest absolute Gasteiger partial charge is 0.388 e. The molecule has 0 radical (unpaired) electrons. The molecular formula is C13H19N3O4. The van der Waals surface area contributed by atoms with Gasteiger partial charge in [0.2, 0.25) is 0 Å². The Balaban J connectivity index is 2.01. The average molecular weight is 281 g/mol. The lowest BCUT2D eigenvalue weighted by Gasteiger charge is -2.35. The molecule has 2 atom stereocenters. The van der Waals surface area contributed by atoms with Crippen molar-refractivity contribution in [1.82, 2.24) is 15.3 Å². The summed E-state index contributed by atoms with van der Waals surface area (Å²) in [5.41, 5.74) is -2.49. The Morgan fingerprint density at radius 2 is 2.30 bits per heavy atom. The monoisotopic (exact) mass is 281 g/mol. The van der Waals surface area contributed by atoms with E-state index >= 15 is 0 Å². The highest BCUT2D eigenvalue weighted by Crippen LogP contribution is 2.31. The van der Waals surface area contributed by atoms with E-state index < -0.39 is 22.8 Å². The van der Waals surface area contributed by atoms with Crippen molar-refractivity contribution in [3.05, 3.63) is 32.6 Å². The van der Waals surface area contributed by atoms with Crippen LogP contribution >= 0.6 is 0 Å². The Hall–Kier alpha value is -1.89. The molecule has 0 bridgehead atoms. The zero-order chi connectivity index (χ0) is 14.8. The van der Waals surface area contributed by atoms with Gasteiger partial charge in [0.15, 0.2) is 0 Å². The molecule has 2 rings (SSSR count). The summed E-state index contributed by atoms with van der Waals surface area (Å²) in [6, 6.07) is 0. The third-order valence-electron chi connectivity index (χ3n) is 3.71. The summed E-state index contributed by atoms with van der Waals surface area (Å²) in [5, 5.41) is 13.0. The Morgan fingerprint density at radius 1 is 1.55 bits per heavy atom. The number of rotatable bonds is 3. The van der Waals surface area contributed by atoms with Gasteiger partial charge < -0.3 is 15.4 Å². The molecular weight excluding hydrogens is 262 g/mol. The van der Waals surface area contributed by atoms with Crippen LogP contribution in [-0.2, 0) is 0 Å². The molecule has 110 valence electrons. The van der Waals surface area contributed by atoms with Crippen LogP contribution in [0.5, 0.6) is 0 Å². The maximum absolute atomic E-state index is 11.9. The maximum atomic E-state index is 11.9. The van der Waals surface area contributed by atoms with Gasteiger partial charge in [-0.3, -0.25) is 14.6 Å². The summed E-state index contributed by atoms with van der Waals surface area (Å²) in [7, 11) is 0. The van der Waals surface area contributed by atoms with Crippen molar-refractivity contribution < 1.29 is 9.90 Å². The van der Waals surface area contributed by atoms with E-state index in [1.165, 1.54) is 0 Å². The molecule has 7 nitrogen and oxygen atoms in total. The van der Waals surface area contributed by atoms with E-state index in [0.717, 1.165) is 19.0 Å². The van der Waals surface area contributed by atoms with Crippen LogP contribution in [0.2, 0.25) is 0 Å². The van der Waals surface area contributed by atoms with Gasteiger partial charge in [-0.25, -0.2) is 4.79 Å². The van der Waals surface area contributed by atoms with Crippen LogP contribution in [0.3, 0.4) is 0 Å². The van der Waals surface area contributed by atoms with Crippen LogP contribution in [0.15, 0.2) is 15.8 Å². The first-order chi connectivity index (χ1) is 9.39. The molecule has 1 aromatic rings. The third kappa shape index (κ3) is 3.36. The van der Waals surface area contributed by atoms with Crippen molar-refractivity contribution >= 4 is 5.91 Å². The van der Waals surface area contributed by atoms with Crippen molar-refractivity contribution in [2.24, 2.45) is 5.92 Å². The molecule has 0 spiro atoms. The third-order valence-corrected chi connectivity index (χ3v) is 3.71. The summed E-state index contributed by atoms with van der Waals surface area (Å²) < 4.78 is 0. The second kappa shape index (κ2) is 5.62. The Kier molecular flexibility index (Phi) is 4.08. The van der Waals surface area contributed by atoms with Crippen molar-refractivity contribution in [2.75, 3.05) is 6.54 Å². The van der Waals surface area contributed by atoms with Crippen LogP contribution < -0.4 is 16.6 Å². The fourth-order valence-corrected chi connectivity index (χ4v) is 2.71. The number of hydrogen-bond acceptors (Lipinski definition) is 4. The fourth-order valence-electron chi connectivity index (χ4n) is 2.71. The number of H-pyrrole nitrogens is 2. The molecule has 0 aromatic carbocycles. The first kappa shape index (κ1) is 14.5. The smallest absolute Gasteiger partial charge is 0.325 e. The molecule has 1 aromatic heterocycles. The van der Waals surface area contributed by atoms with Gasteiger partial charge in [-0.1, -0.05) is 19.8 Å². The van der Waals surface area contributed by atoms with E-state index in [-0.39, 0.29) is 12.1 Å². The zero-order valence-electron chi connectivity index (χ0n) is 11.4. The minimum absolute atomic E-state index is 0.106. The van der Waals surface area contributed by atoms with E-state index in [9.17, 15) is 19.5 Å². The molecule has 4 N–H and O–H groups in total. The van der Waals surface area contributed by atoms with Gasteiger partial charge in [-0.2, -0.15) is 0 Å². The molecule has 20 heavy (non-hydrogen) atoms. The van der Waals surface area contributed by atoms with E-state index in [1.807, 2.05) is 4.98 Å². The summed E-state index contributed by atoms with van der Waals surface area (Å²) in [6.07, 6.45) is 4.35. The minimum atomic E-state index is -0.914. The maximum Gasteiger partial charge on any atom is 0.325 e. The standard InChI is InChI=1S/C13H19N3O4/c1-8-3-2-4-13(20,5-8)7-15-10(17)9-6-14-12(19)16-11(9)18/h6,8,20H,2-5,7H2,1H3,(H,15,17)(H2,14,16,18,19). The molecule has 0 saturated heterocycles. The first-order valence-corrected chi connectivity index (χ1v) is 6.72. The van der Waals surface area contributed by atoms with Gasteiger partial charge >= 0.3 is 5.69 Å². The Bertz CT molecular complexity index is 606. The summed E-state index contributed by atoms with van der Waals surface area (Å²) >= 11 is 0. The highest BCUT2D eigenvalue weighted by atomic mass is 16.3. The van der Waals surface area contributed by atoms with Gasteiger partial charge in [-0.15, -0.1) is 0 Å². The van der Waals surface area contributed by atoms with Crippen molar-refractivity contribution in [2.45, 2.75) is 38.2 Å². The number of aliphatic hydroxyl groups is 1. The second-order valence-corrected chi connectivity index (χ2v) is 5.59. The zero-order valence-corrected chi connectivity index (χ0v) is 11.4. The predicted molar refractivity (Wildman–Crippen MR) is 72.6 cm³/mol. The molecule has 1 saturated carbocycles. The molecule has 1 fully saturated rings. The van der Waals surface area contributed by atoms with E-state index in [1.54, 1.807) is 0 Å². The molecule has 2 unspecified atom stereocenters. The number of carbonyl (C=O) groups is 1. The van der Waals surface area contributed by atoms with Gasteiger partial charge in [-0.05, 0) is 18.8 Å². The van der Waals surface area contributed by atoms with Crippen molar-refractivity contribution in [3.63, 3.8) is 0 Å². The van der Waals surface area contributed by atoms with Gasteiger partial charge in [0.1, 0.15) is 5.56 Å². The molecule has 1 heterocycles. The molecule has 7 heteroatoms. The van der Waals surface area contributed by atoms with Crippen LogP contribution in [0, 0.1) is 5.92 Å². The lowest BCUT2D eigenvalue weighted by atomic mass is 9.79. The Morgan fingerprint density at radius 3 is 2.95 bits per heavy atom. The van der Waals surface area contributed by atoms with Gasteiger partial charge in [0.05, 0.1) is 5.60 Å². The topological polar surface area (TPSA) is 115 Å².